The number of hydrogen-bond donors (Lipinski definition) is 1. The van der Waals surface area contributed by atoms with E-state index in [0.717, 1.165) is 38.3 Å². The van der Waals surface area contributed by atoms with Crippen LogP contribution in [-0.2, 0) is 12.8 Å². The molecule has 1 fully saturated rings. The lowest BCUT2D eigenvalue weighted by atomic mass is 10.0. The number of nitrogens with zero attached hydrogens (tertiary/aromatic N) is 2. The third-order valence-electron chi connectivity index (χ3n) is 3.95. The number of aryl methyl sites for hydroxylation is 1. The Bertz CT molecular complexity index is 402. The maximum absolute atomic E-state index is 5.86. The number of piperidine rings is 1. The van der Waals surface area contributed by atoms with Crippen LogP contribution < -0.4 is 10.1 Å². The molecule has 1 aromatic heterocycles. The van der Waals surface area contributed by atoms with Gasteiger partial charge in [-0.25, -0.2) is 9.97 Å². The second-order valence-electron chi connectivity index (χ2n) is 5.24. The Balaban J connectivity index is 1.52. The van der Waals surface area contributed by atoms with Gasteiger partial charge >= 0.3 is 0 Å². The molecule has 1 N–H and O–H groups in total. The highest BCUT2D eigenvalue weighted by Gasteiger charge is 2.18. The van der Waals surface area contributed by atoms with Gasteiger partial charge in [0.1, 0.15) is 6.33 Å². The summed E-state index contributed by atoms with van der Waals surface area (Å²) in [6.45, 7) is 1.93. The topological polar surface area (TPSA) is 47.0 Å². The number of rotatable bonds is 4. The standard InChI is InChI=1S/C14H21N3O/c1-2-8-15-11(4-1)7-9-18-14-12-5-3-6-13(12)16-10-17-14/h10-11,15H,1-9H2. The van der Waals surface area contributed by atoms with E-state index in [9.17, 15) is 0 Å². The Morgan fingerprint density at radius 2 is 2.22 bits per heavy atom. The van der Waals surface area contributed by atoms with E-state index in [-0.39, 0.29) is 0 Å². The molecule has 0 radical (unpaired) electrons. The Morgan fingerprint density at radius 1 is 1.22 bits per heavy atom. The SMILES string of the molecule is c1nc2c(c(OCCC3CCCCN3)n1)CCC2. The second-order valence-corrected chi connectivity index (χ2v) is 5.24. The van der Waals surface area contributed by atoms with Gasteiger partial charge in [0, 0.05) is 11.6 Å². The summed E-state index contributed by atoms with van der Waals surface area (Å²) in [4.78, 5) is 8.59. The summed E-state index contributed by atoms with van der Waals surface area (Å²) < 4.78 is 5.86. The van der Waals surface area contributed by atoms with Gasteiger partial charge in [0.25, 0.3) is 0 Å². The Morgan fingerprint density at radius 3 is 3.11 bits per heavy atom. The molecule has 3 rings (SSSR count). The van der Waals surface area contributed by atoms with Crippen LogP contribution in [0.2, 0.25) is 0 Å². The van der Waals surface area contributed by atoms with Crippen LogP contribution in [0.25, 0.3) is 0 Å². The van der Waals surface area contributed by atoms with Crippen LogP contribution >= 0.6 is 0 Å². The molecule has 0 aromatic carbocycles. The van der Waals surface area contributed by atoms with E-state index in [4.69, 9.17) is 4.74 Å². The third-order valence-corrected chi connectivity index (χ3v) is 3.95. The molecule has 18 heavy (non-hydrogen) atoms. The van der Waals surface area contributed by atoms with Crippen LogP contribution in [0, 0.1) is 0 Å². The monoisotopic (exact) mass is 247 g/mol. The van der Waals surface area contributed by atoms with Gasteiger partial charge in [0.2, 0.25) is 5.88 Å². The molecule has 4 nitrogen and oxygen atoms in total. The molecule has 1 saturated heterocycles. The van der Waals surface area contributed by atoms with Crippen molar-refractivity contribution in [2.24, 2.45) is 0 Å². The number of fused-ring (bicyclic) bond motifs is 1. The maximum atomic E-state index is 5.86. The van der Waals surface area contributed by atoms with Gasteiger partial charge in [-0.15, -0.1) is 0 Å². The van der Waals surface area contributed by atoms with E-state index in [1.54, 1.807) is 6.33 Å². The van der Waals surface area contributed by atoms with Gasteiger partial charge < -0.3 is 10.1 Å². The average molecular weight is 247 g/mol. The molecule has 2 aliphatic rings. The molecule has 4 heteroatoms. The predicted molar refractivity (Wildman–Crippen MR) is 69.8 cm³/mol. The normalized spacial score (nSPS) is 22.8. The van der Waals surface area contributed by atoms with Crippen LogP contribution in [0.5, 0.6) is 5.88 Å². The number of hydrogen-bond acceptors (Lipinski definition) is 4. The number of ether oxygens (including phenoxy) is 1. The zero-order valence-corrected chi connectivity index (χ0v) is 10.8. The first-order valence-corrected chi connectivity index (χ1v) is 7.12. The van der Waals surface area contributed by atoms with Crippen molar-refractivity contribution in [1.29, 1.82) is 0 Å². The molecule has 2 heterocycles. The largest absolute Gasteiger partial charge is 0.477 e. The van der Waals surface area contributed by atoms with Gasteiger partial charge in [-0.1, -0.05) is 6.42 Å². The van der Waals surface area contributed by atoms with Crippen molar-refractivity contribution < 1.29 is 4.74 Å². The fourth-order valence-corrected chi connectivity index (χ4v) is 2.92. The second kappa shape index (κ2) is 5.65. The lowest BCUT2D eigenvalue weighted by Crippen LogP contribution is -2.35. The van der Waals surface area contributed by atoms with E-state index in [2.05, 4.69) is 15.3 Å². The average Bonchev–Trinajstić information content (AvgIpc) is 2.89. The fraction of sp³-hybridized carbons (Fsp3) is 0.714. The van der Waals surface area contributed by atoms with Gasteiger partial charge in [0.05, 0.1) is 12.3 Å². The van der Waals surface area contributed by atoms with E-state index in [1.165, 1.54) is 36.9 Å². The van der Waals surface area contributed by atoms with Crippen LogP contribution in [0.3, 0.4) is 0 Å². The fourth-order valence-electron chi connectivity index (χ4n) is 2.92. The molecular weight excluding hydrogens is 226 g/mol. The Kier molecular flexibility index (Phi) is 3.74. The van der Waals surface area contributed by atoms with Crippen LogP contribution in [0.4, 0.5) is 0 Å². The maximum Gasteiger partial charge on any atom is 0.219 e. The molecular formula is C14H21N3O. The zero-order valence-electron chi connectivity index (χ0n) is 10.8. The summed E-state index contributed by atoms with van der Waals surface area (Å²) in [6.07, 6.45) is 10.0. The van der Waals surface area contributed by atoms with Crippen molar-refractivity contribution in [3.05, 3.63) is 17.6 Å². The van der Waals surface area contributed by atoms with E-state index < -0.39 is 0 Å². The number of nitrogens with one attached hydrogen (secondary N) is 1. The zero-order chi connectivity index (χ0) is 12.2. The van der Waals surface area contributed by atoms with Crippen molar-refractivity contribution in [1.82, 2.24) is 15.3 Å². The highest BCUT2D eigenvalue weighted by molar-refractivity contribution is 5.33. The van der Waals surface area contributed by atoms with Crippen LogP contribution in [0.15, 0.2) is 6.33 Å². The molecule has 1 aliphatic heterocycles. The predicted octanol–water partition coefficient (Wildman–Crippen LogP) is 1.88. The van der Waals surface area contributed by atoms with E-state index in [1.807, 2.05) is 0 Å². The molecule has 0 bridgehead atoms. The minimum absolute atomic E-state index is 0.633. The summed E-state index contributed by atoms with van der Waals surface area (Å²) >= 11 is 0. The lowest BCUT2D eigenvalue weighted by molar-refractivity contribution is 0.258. The van der Waals surface area contributed by atoms with Gasteiger partial charge in [-0.2, -0.15) is 0 Å². The molecule has 0 saturated carbocycles. The molecule has 0 amide bonds. The highest BCUT2D eigenvalue weighted by Crippen LogP contribution is 2.26. The van der Waals surface area contributed by atoms with Gasteiger partial charge in [-0.3, -0.25) is 0 Å². The first-order valence-electron chi connectivity index (χ1n) is 7.12. The lowest BCUT2D eigenvalue weighted by Gasteiger charge is -2.23. The smallest absolute Gasteiger partial charge is 0.219 e. The summed E-state index contributed by atoms with van der Waals surface area (Å²) in [6, 6.07) is 0.633. The number of aromatic nitrogens is 2. The van der Waals surface area contributed by atoms with E-state index >= 15 is 0 Å². The molecule has 98 valence electrons. The molecule has 1 atom stereocenters. The summed E-state index contributed by atoms with van der Waals surface area (Å²) in [7, 11) is 0. The van der Waals surface area contributed by atoms with Crippen LogP contribution in [-0.4, -0.2) is 29.2 Å². The van der Waals surface area contributed by atoms with Crippen molar-refractivity contribution in [3.63, 3.8) is 0 Å². The van der Waals surface area contributed by atoms with Crippen molar-refractivity contribution in [3.8, 4) is 5.88 Å². The quantitative estimate of drug-likeness (QED) is 0.882. The van der Waals surface area contributed by atoms with Crippen molar-refractivity contribution >= 4 is 0 Å². The van der Waals surface area contributed by atoms with Crippen molar-refractivity contribution in [2.75, 3.05) is 13.2 Å². The highest BCUT2D eigenvalue weighted by atomic mass is 16.5. The summed E-state index contributed by atoms with van der Waals surface area (Å²) in [5.74, 6) is 0.827. The minimum Gasteiger partial charge on any atom is -0.477 e. The van der Waals surface area contributed by atoms with Crippen LogP contribution in [0.1, 0.15) is 43.4 Å². The molecule has 1 unspecified atom stereocenters. The van der Waals surface area contributed by atoms with Gasteiger partial charge in [-0.05, 0) is 45.1 Å². The van der Waals surface area contributed by atoms with E-state index in [0.29, 0.717) is 6.04 Å². The Labute approximate surface area is 108 Å². The molecule has 1 aliphatic carbocycles. The third kappa shape index (κ3) is 2.64. The summed E-state index contributed by atoms with van der Waals surface area (Å²) in [5, 5.41) is 3.54. The first kappa shape index (κ1) is 11.9. The van der Waals surface area contributed by atoms with Crippen molar-refractivity contribution in [2.45, 2.75) is 51.0 Å². The molecule has 0 spiro atoms. The first-order chi connectivity index (χ1) is 8.93. The van der Waals surface area contributed by atoms with Gasteiger partial charge in [0.15, 0.2) is 0 Å². The minimum atomic E-state index is 0.633. The summed E-state index contributed by atoms with van der Waals surface area (Å²) in [5.41, 5.74) is 2.44. The Hall–Kier alpha value is -1.16. The molecule has 1 aromatic rings.